The van der Waals surface area contributed by atoms with Crippen molar-refractivity contribution in [1.29, 1.82) is 5.26 Å². The third-order valence-electron chi connectivity index (χ3n) is 0.992. The van der Waals surface area contributed by atoms with Crippen molar-refractivity contribution in [3.05, 3.63) is 23.5 Å². The van der Waals surface area contributed by atoms with Crippen LogP contribution in [0, 0.1) is 24.5 Å². The van der Waals surface area contributed by atoms with E-state index in [1.165, 1.54) is 0 Å². The zero-order valence-electron chi connectivity index (χ0n) is 4.52. The smallest absolute Gasteiger partial charge is 0.121 e. The highest BCUT2D eigenvalue weighted by atomic mass is 14.7. The van der Waals surface area contributed by atoms with Crippen LogP contribution in [0.1, 0.15) is 11.3 Å². The summed E-state index contributed by atoms with van der Waals surface area (Å²) in [5, 5.41) is 8.31. The van der Waals surface area contributed by atoms with Crippen LogP contribution in [0.2, 0.25) is 0 Å². The summed E-state index contributed by atoms with van der Waals surface area (Å²) in [4.78, 5) is 2.67. The Bertz CT molecular complexity index is 217. The minimum Gasteiger partial charge on any atom is -0.345 e. The van der Waals surface area contributed by atoms with Gasteiger partial charge in [0.25, 0.3) is 0 Å². The first kappa shape index (κ1) is 4.92. The zero-order valence-corrected chi connectivity index (χ0v) is 4.52. The predicted molar refractivity (Wildman–Crippen MR) is 29.1 cm³/mol. The minimum absolute atomic E-state index is 0.602. The van der Waals surface area contributed by atoms with Crippen LogP contribution < -0.4 is 0 Å². The first-order valence-corrected chi connectivity index (χ1v) is 2.30. The van der Waals surface area contributed by atoms with Crippen LogP contribution >= 0.6 is 0 Å². The van der Waals surface area contributed by atoms with Crippen LogP contribution in [-0.4, -0.2) is 4.98 Å². The molecule has 2 heteroatoms. The van der Waals surface area contributed by atoms with Crippen molar-refractivity contribution in [1.82, 2.24) is 4.98 Å². The highest BCUT2D eigenvalue weighted by Crippen LogP contribution is 1.99. The van der Waals surface area contributed by atoms with E-state index in [0.717, 1.165) is 5.56 Å². The summed E-state index contributed by atoms with van der Waals surface area (Å²) in [6.45, 7) is 1.87. The number of hydrogen-bond donors (Lipinski definition) is 1. The summed E-state index contributed by atoms with van der Waals surface area (Å²) in [5.74, 6) is 0. The second-order valence-electron chi connectivity index (χ2n) is 1.58. The third-order valence-corrected chi connectivity index (χ3v) is 0.992. The average Bonchev–Trinajstić information content (AvgIpc) is 2.14. The first-order valence-electron chi connectivity index (χ1n) is 2.30. The van der Waals surface area contributed by atoms with Gasteiger partial charge in [0, 0.05) is 0 Å². The second kappa shape index (κ2) is 1.71. The maximum absolute atomic E-state index is 8.31. The Morgan fingerprint density at radius 3 is 2.88 bits per heavy atom. The Balaban J connectivity index is 3.15. The van der Waals surface area contributed by atoms with Gasteiger partial charge in [0.1, 0.15) is 11.8 Å². The van der Waals surface area contributed by atoms with E-state index in [-0.39, 0.29) is 0 Å². The normalized spacial score (nSPS) is 8.50. The van der Waals surface area contributed by atoms with Gasteiger partial charge in [-0.05, 0) is 18.6 Å². The highest BCUT2D eigenvalue weighted by Gasteiger charge is 1.92. The molecule has 0 spiro atoms. The molecule has 0 fully saturated rings. The summed E-state index contributed by atoms with van der Waals surface area (Å²) in [6.07, 6.45) is 2.70. The van der Waals surface area contributed by atoms with E-state index in [1.807, 2.05) is 13.0 Å². The molecule has 0 aromatic carbocycles. The molecule has 0 saturated carbocycles. The molecule has 0 atom stereocenters. The molecule has 1 heterocycles. The molecule has 1 radical (unpaired) electrons. The molecule has 0 amide bonds. The van der Waals surface area contributed by atoms with Gasteiger partial charge in [0.15, 0.2) is 0 Å². The molecule has 0 saturated heterocycles. The van der Waals surface area contributed by atoms with Crippen LogP contribution in [0.25, 0.3) is 0 Å². The molecule has 0 aliphatic rings. The summed E-state index contributed by atoms with van der Waals surface area (Å²) in [7, 11) is 0. The average molecular weight is 105 g/mol. The van der Waals surface area contributed by atoms with Crippen LogP contribution in [0.4, 0.5) is 0 Å². The topological polar surface area (TPSA) is 39.6 Å². The maximum Gasteiger partial charge on any atom is 0.121 e. The second-order valence-corrected chi connectivity index (χ2v) is 1.58. The van der Waals surface area contributed by atoms with E-state index >= 15 is 0 Å². The fourth-order valence-corrected chi connectivity index (χ4v) is 0.503. The van der Waals surface area contributed by atoms with Crippen molar-refractivity contribution >= 4 is 0 Å². The van der Waals surface area contributed by atoms with Gasteiger partial charge < -0.3 is 4.98 Å². The molecular weight excluding hydrogens is 100 g/mol. The molecule has 0 unspecified atom stereocenters. The Morgan fingerprint density at radius 2 is 2.62 bits per heavy atom. The number of aromatic nitrogens is 1. The van der Waals surface area contributed by atoms with E-state index in [1.54, 1.807) is 6.07 Å². The predicted octanol–water partition coefficient (Wildman–Crippen LogP) is 0.995. The molecule has 0 aliphatic carbocycles. The largest absolute Gasteiger partial charge is 0.345 e. The Hall–Kier alpha value is -1.23. The van der Waals surface area contributed by atoms with Gasteiger partial charge >= 0.3 is 0 Å². The highest BCUT2D eigenvalue weighted by molar-refractivity contribution is 5.29. The van der Waals surface area contributed by atoms with Crippen molar-refractivity contribution in [3.63, 3.8) is 0 Å². The molecule has 39 valence electrons. The summed E-state index contributed by atoms with van der Waals surface area (Å²) in [6, 6.07) is 3.74. The molecular formula is C6H5N2. The van der Waals surface area contributed by atoms with E-state index in [4.69, 9.17) is 5.26 Å². The molecule has 1 aromatic rings. The van der Waals surface area contributed by atoms with Crippen molar-refractivity contribution in [2.75, 3.05) is 0 Å². The zero-order chi connectivity index (χ0) is 5.98. The fourth-order valence-electron chi connectivity index (χ4n) is 0.503. The molecule has 8 heavy (non-hydrogen) atoms. The number of nitriles is 1. The van der Waals surface area contributed by atoms with E-state index < -0.39 is 0 Å². The Kier molecular flexibility index (Phi) is 1.05. The van der Waals surface area contributed by atoms with Gasteiger partial charge in [-0.2, -0.15) is 5.26 Å². The SMILES string of the molecule is Cc1c[c][nH]c1C#N. The van der Waals surface area contributed by atoms with Crippen LogP contribution in [0.15, 0.2) is 6.07 Å². The third kappa shape index (κ3) is 0.584. The van der Waals surface area contributed by atoms with Crippen LogP contribution in [0.3, 0.4) is 0 Å². The molecule has 0 aliphatic heterocycles. The van der Waals surface area contributed by atoms with Gasteiger partial charge in [-0.3, -0.25) is 0 Å². The standard InChI is InChI=1S/C6H5N2/c1-5-2-3-8-6(5)4-7/h2,8H,1H3. The molecule has 0 bridgehead atoms. The molecule has 1 N–H and O–H groups in total. The van der Waals surface area contributed by atoms with E-state index in [2.05, 4.69) is 11.2 Å². The number of aromatic amines is 1. The number of hydrogen-bond acceptors (Lipinski definition) is 1. The fraction of sp³-hybridized carbons (Fsp3) is 0.167. The number of nitrogens with zero attached hydrogens (tertiary/aromatic N) is 1. The summed E-state index contributed by atoms with van der Waals surface area (Å²) < 4.78 is 0. The summed E-state index contributed by atoms with van der Waals surface area (Å²) in [5.41, 5.74) is 1.55. The lowest BCUT2D eigenvalue weighted by molar-refractivity contribution is 1.29. The number of rotatable bonds is 0. The number of aryl methyl sites for hydroxylation is 1. The van der Waals surface area contributed by atoms with Gasteiger partial charge in [-0.15, -0.1) is 0 Å². The minimum atomic E-state index is 0.602. The van der Waals surface area contributed by atoms with E-state index in [0.29, 0.717) is 5.69 Å². The summed E-state index contributed by atoms with van der Waals surface area (Å²) >= 11 is 0. The first-order chi connectivity index (χ1) is 3.84. The lowest BCUT2D eigenvalue weighted by Crippen LogP contribution is -1.72. The van der Waals surface area contributed by atoms with Gasteiger partial charge in [0.05, 0.1) is 6.20 Å². The van der Waals surface area contributed by atoms with Gasteiger partial charge in [-0.1, -0.05) is 0 Å². The van der Waals surface area contributed by atoms with Crippen LogP contribution in [-0.2, 0) is 0 Å². The van der Waals surface area contributed by atoms with Crippen molar-refractivity contribution in [3.8, 4) is 6.07 Å². The molecule has 1 aromatic heterocycles. The monoisotopic (exact) mass is 105 g/mol. The Morgan fingerprint density at radius 1 is 1.88 bits per heavy atom. The number of H-pyrrole nitrogens is 1. The van der Waals surface area contributed by atoms with Crippen LogP contribution in [0.5, 0.6) is 0 Å². The van der Waals surface area contributed by atoms with Crippen molar-refractivity contribution in [2.24, 2.45) is 0 Å². The maximum atomic E-state index is 8.31. The quantitative estimate of drug-likeness (QED) is 0.525. The number of nitrogens with one attached hydrogen (secondary N) is 1. The molecule has 1 rings (SSSR count). The van der Waals surface area contributed by atoms with E-state index in [9.17, 15) is 0 Å². The van der Waals surface area contributed by atoms with Gasteiger partial charge in [0.2, 0.25) is 0 Å². The van der Waals surface area contributed by atoms with Gasteiger partial charge in [-0.25, -0.2) is 0 Å². The van der Waals surface area contributed by atoms with Crippen molar-refractivity contribution < 1.29 is 0 Å². The lowest BCUT2D eigenvalue weighted by Gasteiger charge is -1.77. The molecule has 2 nitrogen and oxygen atoms in total. The Labute approximate surface area is 47.8 Å². The van der Waals surface area contributed by atoms with Crippen molar-refractivity contribution in [2.45, 2.75) is 6.92 Å². The lowest BCUT2D eigenvalue weighted by atomic mass is 10.3.